The molecule has 1 aromatic rings. The number of aryl methyl sites for hydroxylation is 1. The molecule has 1 aromatic carbocycles. The number of methoxy groups -OCH3 is 1. The molecule has 0 bridgehead atoms. The second-order valence-electron chi connectivity index (χ2n) is 5.23. The summed E-state index contributed by atoms with van der Waals surface area (Å²) in [5.74, 6) is -0.173. The van der Waals surface area contributed by atoms with Crippen LogP contribution in [0.25, 0.3) is 0 Å². The SMILES string of the molecule is CCN(CC(C)(C)C(=O)OC)c1ccc(C)cc1. The first-order chi connectivity index (χ1) is 8.40. The Morgan fingerprint density at radius 1 is 1.28 bits per heavy atom. The molecule has 0 N–H and O–H groups in total. The monoisotopic (exact) mass is 249 g/mol. The molecule has 0 radical (unpaired) electrons. The summed E-state index contributed by atoms with van der Waals surface area (Å²) in [5, 5.41) is 0. The first-order valence-corrected chi connectivity index (χ1v) is 6.30. The maximum Gasteiger partial charge on any atom is 0.313 e. The topological polar surface area (TPSA) is 29.5 Å². The molecule has 0 heterocycles. The van der Waals surface area contributed by atoms with Gasteiger partial charge >= 0.3 is 5.97 Å². The molecule has 100 valence electrons. The van der Waals surface area contributed by atoms with E-state index in [1.54, 1.807) is 0 Å². The van der Waals surface area contributed by atoms with E-state index in [0.717, 1.165) is 12.2 Å². The molecule has 0 saturated carbocycles. The van der Waals surface area contributed by atoms with Crippen molar-refractivity contribution in [2.75, 3.05) is 25.1 Å². The number of anilines is 1. The van der Waals surface area contributed by atoms with Crippen LogP contribution in [0.3, 0.4) is 0 Å². The minimum Gasteiger partial charge on any atom is -0.469 e. The Labute approximate surface area is 110 Å². The van der Waals surface area contributed by atoms with Crippen LogP contribution < -0.4 is 4.90 Å². The van der Waals surface area contributed by atoms with Crippen molar-refractivity contribution < 1.29 is 9.53 Å². The van der Waals surface area contributed by atoms with Gasteiger partial charge in [0.25, 0.3) is 0 Å². The number of carbonyl (C=O) groups is 1. The van der Waals surface area contributed by atoms with E-state index in [1.165, 1.54) is 12.7 Å². The Hall–Kier alpha value is -1.51. The van der Waals surface area contributed by atoms with Gasteiger partial charge in [0.05, 0.1) is 12.5 Å². The van der Waals surface area contributed by atoms with Gasteiger partial charge in [0, 0.05) is 18.8 Å². The van der Waals surface area contributed by atoms with E-state index in [0.29, 0.717) is 6.54 Å². The summed E-state index contributed by atoms with van der Waals surface area (Å²) < 4.78 is 4.85. The van der Waals surface area contributed by atoms with Crippen LogP contribution in [-0.2, 0) is 9.53 Å². The van der Waals surface area contributed by atoms with Gasteiger partial charge in [-0.2, -0.15) is 0 Å². The van der Waals surface area contributed by atoms with E-state index < -0.39 is 5.41 Å². The van der Waals surface area contributed by atoms with Crippen molar-refractivity contribution in [1.29, 1.82) is 0 Å². The maximum absolute atomic E-state index is 11.7. The highest BCUT2D eigenvalue weighted by atomic mass is 16.5. The predicted molar refractivity (Wildman–Crippen MR) is 74.9 cm³/mol. The molecule has 0 aromatic heterocycles. The fourth-order valence-corrected chi connectivity index (χ4v) is 1.96. The van der Waals surface area contributed by atoms with E-state index in [-0.39, 0.29) is 5.97 Å². The summed E-state index contributed by atoms with van der Waals surface area (Å²) in [6, 6.07) is 8.35. The molecule has 18 heavy (non-hydrogen) atoms. The molecule has 0 unspecified atom stereocenters. The smallest absolute Gasteiger partial charge is 0.313 e. The first kappa shape index (κ1) is 14.6. The number of rotatable bonds is 5. The summed E-state index contributed by atoms with van der Waals surface area (Å²) in [5.41, 5.74) is 1.87. The maximum atomic E-state index is 11.7. The third kappa shape index (κ3) is 3.49. The molecule has 0 saturated heterocycles. The average molecular weight is 249 g/mol. The molecule has 0 amide bonds. The van der Waals surface area contributed by atoms with Crippen molar-refractivity contribution in [2.24, 2.45) is 5.41 Å². The summed E-state index contributed by atoms with van der Waals surface area (Å²) in [4.78, 5) is 13.9. The zero-order chi connectivity index (χ0) is 13.8. The fourth-order valence-electron chi connectivity index (χ4n) is 1.96. The van der Waals surface area contributed by atoms with Gasteiger partial charge in [-0.25, -0.2) is 0 Å². The van der Waals surface area contributed by atoms with Gasteiger partial charge in [-0.1, -0.05) is 17.7 Å². The Kier molecular flexibility index (Phi) is 4.76. The highest BCUT2D eigenvalue weighted by Gasteiger charge is 2.30. The largest absolute Gasteiger partial charge is 0.469 e. The molecular formula is C15H23NO2. The summed E-state index contributed by atoms with van der Waals surface area (Å²) >= 11 is 0. The third-order valence-electron chi connectivity index (χ3n) is 3.10. The van der Waals surface area contributed by atoms with Crippen LogP contribution in [0, 0.1) is 12.3 Å². The van der Waals surface area contributed by atoms with Gasteiger partial charge < -0.3 is 9.64 Å². The number of carbonyl (C=O) groups excluding carboxylic acids is 1. The number of hydrogen-bond acceptors (Lipinski definition) is 3. The molecule has 1 rings (SSSR count). The molecule has 0 fully saturated rings. The quantitative estimate of drug-likeness (QED) is 0.751. The van der Waals surface area contributed by atoms with Crippen molar-refractivity contribution in [3.8, 4) is 0 Å². The highest BCUT2D eigenvalue weighted by molar-refractivity contribution is 5.76. The van der Waals surface area contributed by atoms with E-state index in [2.05, 4.69) is 43.0 Å². The van der Waals surface area contributed by atoms with Crippen LogP contribution in [0.5, 0.6) is 0 Å². The predicted octanol–water partition coefficient (Wildman–Crippen LogP) is 3.02. The van der Waals surface area contributed by atoms with Crippen LogP contribution in [0.15, 0.2) is 24.3 Å². The van der Waals surface area contributed by atoms with E-state index in [4.69, 9.17) is 4.74 Å². The molecule has 0 spiro atoms. The molecule has 3 heteroatoms. The average Bonchev–Trinajstić information content (AvgIpc) is 2.36. The third-order valence-corrected chi connectivity index (χ3v) is 3.10. The number of nitrogens with zero attached hydrogens (tertiary/aromatic N) is 1. The van der Waals surface area contributed by atoms with Crippen molar-refractivity contribution in [1.82, 2.24) is 0 Å². The summed E-state index contributed by atoms with van der Waals surface area (Å²) in [7, 11) is 1.44. The number of benzene rings is 1. The van der Waals surface area contributed by atoms with Gasteiger partial charge in [0.15, 0.2) is 0 Å². The lowest BCUT2D eigenvalue weighted by atomic mass is 9.92. The van der Waals surface area contributed by atoms with Gasteiger partial charge in [-0.3, -0.25) is 4.79 Å². The highest BCUT2D eigenvalue weighted by Crippen LogP contribution is 2.23. The van der Waals surface area contributed by atoms with Crippen LogP contribution >= 0.6 is 0 Å². The van der Waals surface area contributed by atoms with E-state index in [9.17, 15) is 4.79 Å². The van der Waals surface area contributed by atoms with Crippen molar-refractivity contribution in [3.05, 3.63) is 29.8 Å². The van der Waals surface area contributed by atoms with Gasteiger partial charge in [-0.15, -0.1) is 0 Å². The van der Waals surface area contributed by atoms with E-state index in [1.807, 2.05) is 13.8 Å². The molecular weight excluding hydrogens is 226 g/mol. The Balaban J connectivity index is 2.85. The van der Waals surface area contributed by atoms with Crippen LogP contribution in [0.2, 0.25) is 0 Å². The van der Waals surface area contributed by atoms with Crippen LogP contribution in [-0.4, -0.2) is 26.2 Å². The van der Waals surface area contributed by atoms with Crippen molar-refractivity contribution in [3.63, 3.8) is 0 Å². The summed E-state index contributed by atoms with van der Waals surface area (Å²) in [6.45, 7) is 9.50. The lowest BCUT2D eigenvalue weighted by Gasteiger charge is -2.31. The van der Waals surface area contributed by atoms with Crippen molar-refractivity contribution >= 4 is 11.7 Å². The normalized spacial score (nSPS) is 11.2. The first-order valence-electron chi connectivity index (χ1n) is 6.30. The van der Waals surface area contributed by atoms with Gasteiger partial charge in [0.2, 0.25) is 0 Å². The molecule has 0 aliphatic rings. The van der Waals surface area contributed by atoms with Crippen molar-refractivity contribution in [2.45, 2.75) is 27.7 Å². The molecule has 3 nitrogen and oxygen atoms in total. The summed E-state index contributed by atoms with van der Waals surface area (Å²) in [6.07, 6.45) is 0. The molecule has 0 aliphatic heterocycles. The fraction of sp³-hybridized carbons (Fsp3) is 0.533. The lowest BCUT2D eigenvalue weighted by Crippen LogP contribution is -2.40. The minimum absolute atomic E-state index is 0.173. The molecule has 0 aliphatic carbocycles. The second-order valence-corrected chi connectivity index (χ2v) is 5.23. The zero-order valence-corrected chi connectivity index (χ0v) is 12.0. The zero-order valence-electron chi connectivity index (χ0n) is 12.0. The van der Waals surface area contributed by atoms with E-state index >= 15 is 0 Å². The second kappa shape index (κ2) is 5.89. The number of ether oxygens (including phenoxy) is 1. The Bertz CT molecular complexity index is 395. The van der Waals surface area contributed by atoms with Gasteiger partial charge in [0.1, 0.15) is 0 Å². The van der Waals surface area contributed by atoms with Crippen LogP contribution in [0.4, 0.5) is 5.69 Å². The lowest BCUT2D eigenvalue weighted by molar-refractivity contribution is -0.150. The number of esters is 1. The standard InChI is InChI=1S/C15H23NO2/c1-6-16(11-15(3,4)14(17)18-5)13-9-7-12(2)8-10-13/h7-10H,6,11H2,1-5H3. The Morgan fingerprint density at radius 3 is 2.28 bits per heavy atom. The number of hydrogen-bond donors (Lipinski definition) is 0. The minimum atomic E-state index is -0.504. The Morgan fingerprint density at radius 2 is 1.83 bits per heavy atom. The molecule has 0 atom stereocenters. The van der Waals surface area contributed by atoms with Crippen LogP contribution in [0.1, 0.15) is 26.3 Å². The van der Waals surface area contributed by atoms with Gasteiger partial charge in [-0.05, 0) is 39.8 Å².